The lowest BCUT2D eigenvalue weighted by atomic mass is 10.1. The predicted octanol–water partition coefficient (Wildman–Crippen LogP) is 2.68. The minimum absolute atomic E-state index is 0.184. The second-order valence-corrected chi connectivity index (χ2v) is 4.65. The van der Waals surface area contributed by atoms with E-state index in [1.807, 2.05) is 0 Å². The van der Waals surface area contributed by atoms with Crippen LogP contribution in [0.25, 0.3) is 0 Å². The molecule has 2 aromatic rings. The Morgan fingerprint density at radius 1 is 1.33 bits per heavy atom. The van der Waals surface area contributed by atoms with E-state index in [1.165, 1.54) is 6.92 Å². The zero-order valence-electron chi connectivity index (χ0n) is 9.50. The van der Waals surface area contributed by atoms with Crippen LogP contribution in [-0.4, -0.2) is 15.1 Å². The minimum Gasteiger partial charge on any atom is -0.493 e. The first kappa shape index (κ1) is 12.9. The topological polar surface area (TPSA) is 66.0 Å². The number of aromatic amines is 1. The van der Waals surface area contributed by atoms with Gasteiger partial charge in [-0.3, -0.25) is 4.79 Å². The maximum atomic E-state index is 11.5. The van der Waals surface area contributed by atoms with Crippen molar-refractivity contribution in [2.24, 2.45) is 0 Å². The van der Waals surface area contributed by atoms with Crippen molar-refractivity contribution in [3.63, 3.8) is 0 Å². The van der Waals surface area contributed by atoms with Crippen molar-refractivity contribution in [1.29, 1.82) is 0 Å². The highest BCUT2D eigenvalue weighted by atomic mass is 35.5. The zero-order valence-corrected chi connectivity index (χ0v) is 11.0. The molecule has 0 fully saturated rings. The van der Waals surface area contributed by atoms with Crippen molar-refractivity contribution >= 4 is 23.2 Å². The molecule has 1 heterocycles. The summed E-state index contributed by atoms with van der Waals surface area (Å²) in [6.45, 7) is 1.49. The molecule has 2 N–H and O–H groups in total. The van der Waals surface area contributed by atoms with E-state index in [4.69, 9.17) is 23.2 Å². The van der Waals surface area contributed by atoms with E-state index < -0.39 is 0 Å². The first-order chi connectivity index (χ1) is 8.49. The Bertz CT molecular complexity index is 633. The summed E-state index contributed by atoms with van der Waals surface area (Å²) in [6, 6.07) is 5.14. The van der Waals surface area contributed by atoms with Crippen molar-refractivity contribution in [3.8, 4) is 5.88 Å². The van der Waals surface area contributed by atoms with E-state index in [2.05, 4.69) is 9.97 Å². The molecule has 1 aromatic heterocycles. The maximum absolute atomic E-state index is 11.5. The number of aromatic hydroxyl groups is 1. The van der Waals surface area contributed by atoms with E-state index in [9.17, 15) is 9.90 Å². The van der Waals surface area contributed by atoms with Crippen LogP contribution in [0.5, 0.6) is 5.88 Å². The monoisotopic (exact) mass is 284 g/mol. The van der Waals surface area contributed by atoms with E-state index in [0.717, 1.165) is 0 Å². The number of hydrogen-bond acceptors (Lipinski definition) is 3. The molecule has 18 heavy (non-hydrogen) atoms. The first-order valence-electron chi connectivity index (χ1n) is 5.20. The SMILES string of the molecule is Cc1c(O)nc(Cc2c(Cl)cccc2Cl)[nH]c1=O. The summed E-state index contributed by atoms with van der Waals surface area (Å²) < 4.78 is 0. The Labute approximate surface area is 113 Å². The number of aromatic nitrogens is 2. The highest BCUT2D eigenvalue weighted by molar-refractivity contribution is 6.36. The third-order valence-electron chi connectivity index (χ3n) is 2.58. The summed E-state index contributed by atoms with van der Waals surface area (Å²) >= 11 is 12.0. The van der Waals surface area contributed by atoms with Crippen LogP contribution in [0.15, 0.2) is 23.0 Å². The lowest BCUT2D eigenvalue weighted by Gasteiger charge is -2.07. The van der Waals surface area contributed by atoms with Gasteiger partial charge in [-0.1, -0.05) is 29.3 Å². The van der Waals surface area contributed by atoms with Gasteiger partial charge in [0.15, 0.2) is 0 Å². The van der Waals surface area contributed by atoms with Gasteiger partial charge < -0.3 is 10.1 Å². The van der Waals surface area contributed by atoms with Gasteiger partial charge in [-0.2, -0.15) is 4.98 Å². The van der Waals surface area contributed by atoms with Crippen molar-refractivity contribution in [2.45, 2.75) is 13.3 Å². The van der Waals surface area contributed by atoms with Crippen molar-refractivity contribution in [2.75, 3.05) is 0 Å². The van der Waals surface area contributed by atoms with Crippen molar-refractivity contribution in [3.05, 3.63) is 55.5 Å². The fourth-order valence-corrected chi connectivity index (χ4v) is 2.05. The lowest BCUT2D eigenvalue weighted by Crippen LogP contribution is -2.14. The molecule has 0 saturated carbocycles. The fourth-order valence-electron chi connectivity index (χ4n) is 1.52. The van der Waals surface area contributed by atoms with E-state index >= 15 is 0 Å². The third kappa shape index (κ3) is 2.49. The second-order valence-electron chi connectivity index (χ2n) is 3.84. The summed E-state index contributed by atoms with van der Waals surface area (Å²) in [5.74, 6) is 0.0371. The summed E-state index contributed by atoms with van der Waals surface area (Å²) in [6.07, 6.45) is 0.252. The number of H-pyrrole nitrogens is 1. The highest BCUT2D eigenvalue weighted by Crippen LogP contribution is 2.26. The molecule has 0 radical (unpaired) electrons. The first-order valence-corrected chi connectivity index (χ1v) is 5.96. The molecule has 0 saturated heterocycles. The summed E-state index contributed by atoms with van der Waals surface area (Å²) in [5, 5.41) is 10.5. The van der Waals surface area contributed by atoms with Crippen LogP contribution in [0.3, 0.4) is 0 Å². The number of nitrogens with zero attached hydrogens (tertiary/aromatic N) is 1. The molecule has 0 unspecified atom stereocenters. The van der Waals surface area contributed by atoms with Gasteiger partial charge in [0.2, 0.25) is 5.88 Å². The molecule has 0 amide bonds. The van der Waals surface area contributed by atoms with Gasteiger partial charge in [0.05, 0.1) is 5.56 Å². The minimum atomic E-state index is -0.374. The maximum Gasteiger partial charge on any atom is 0.257 e. The Kier molecular flexibility index (Phi) is 3.59. The Morgan fingerprint density at radius 2 is 1.94 bits per heavy atom. The summed E-state index contributed by atoms with van der Waals surface area (Å²) in [4.78, 5) is 18.0. The summed E-state index contributed by atoms with van der Waals surface area (Å²) in [7, 11) is 0. The molecule has 0 bridgehead atoms. The van der Waals surface area contributed by atoms with E-state index in [0.29, 0.717) is 21.4 Å². The molecule has 94 valence electrons. The van der Waals surface area contributed by atoms with Crippen LogP contribution >= 0.6 is 23.2 Å². The Hall–Kier alpha value is -1.52. The standard InChI is InChI=1S/C12H10Cl2N2O2/c1-6-11(17)15-10(16-12(6)18)5-7-8(13)3-2-4-9(7)14/h2-4H,5H2,1H3,(H2,15,16,17,18). The Balaban J connectivity index is 2.44. The molecule has 6 heteroatoms. The van der Waals surface area contributed by atoms with Crippen LogP contribution in [0.1, 0.15) is 17.0 Å². The molecule has 4 nitrogen and oxygen atoms in total. The van der Waals surface area contributed by atoms with Crippen LogP contribution < -0.4 is 5.56 Å². The number of halogens is 2. The molecule has 1 aromatic carbocycles. The number of benzene rings is 1. The molecular weight excluding hydrogens is 275 g/mol. The van der Waals surface area contributed by atoms with Crippen LogP contribution in [-0.2, 0) is 6.42 Å². The fraction of sp³-hybridized carbons (Fsp3) is 0.167. The normalized spacial score (nSPS) is 10.6. The number of rotatable bonds is 2. The van der Waals surface area contributed by atoms with Gasteiger partial charge in [0.25, 0.3) is 5.56 Å². The highest BCUT2D eigenvalue weighted by Gasteiger charge is 2.11. The largest absolute Gasteiger partial charge is 0.493 e. The lowest BCUT2D eigenvalue weighted by molar-refractivity contribution is 0.443. The van der Waals surface area contributed by atoms with Crippen LogP contribution in [0.2, 0.25) is 10.0 Å². The molecule has 0 aliphatic carbocycles. The van der Waals surface area contributed by atoms with Crippen molar-refractivity contribution < 1.29 is 5.11 Å². The zero-order chi connectivity index (χ0) is 13.3. The van der Waals surface area contributed by atoms with Crippen molar-refractivity contribution in [1.82, 2.24) is 9.97 Å². The molecule has 2 rings (SSSR count). The van der Waals surface area contributed by atoms with Crippen LogP contribution in [0.4, 0.5) is 0 Å². The molecular formula is C12H10Cl2N2O2. The predicted molar refractivity (Wildman–Crippen MR) is 70.5 cm³/mol. The quantitative estimate of drug-likeness (QED) is 0.891. The van der Waals surface area contributed by atoms with Gasteiger partial charge in [-0.15, -0.1) is 0 Å². The van der Waals surface area contributed by atoms with Gasteiger partial charge in [0.1, 0.15) is 5.82 Å². The van der Waals surface area contributed by atoms with E-state index in [-0.39, 0.29) is 23.4 Å². The molecule has 0 aliphatic rings. The van der Waals surface area contributed by atoms with Gasteiger partial charge in [0, 0.05) is 16.5 Å². The van der Waals surface area contributed by atoms with Gasteiger partial charge in [-0.25, -0.2) is 0 Å². The number of nitrogens with one attached hydrogen (secondary N) is 1. The smallest absolute Gasteiger partial charge is 0.257 e. The Morgan fingerprint density at radius 3 is 2.50 bits per heavy atom. The molecule has 0 atom stereocenters. The average molecular weight is 285 g/mol. The second kappa shape index (κ2) is 5.00. The number of hydrogen-bond donors (Lipinski definition) is 2. The summed E-state index contributed by atoms with van der Waals surface area (Å²) in [5.41, 5.74) is 0.469. The average Bonchev–Trinajstić information content (AvgIpc) is 2.31. The van der Waals surface area contributed by atoms with Gasteiger partial charge >= 0.3 is 0 Å². The molecule has 0 spiro atoms. The van der Waals surface area contributed by atoms with E-state index in [1.54, 1.807) is 18.2 Å². The third-order valence-corrected chi connectivity index (χ3v) is 3.29. The van der Waals surface area contributed by atoms with Gasteiger partial charge in [-0.05, 0) is 24.6 Å². The molecule has 0 aliphatic heterocycles. The van der Waals surface area contributed by atoms with Crippen LogP contribution in [0, 0.1) is 6.92 Å².